The van der Waals surface area contributed by atoms with Gasteiger partial charge in [0.25, 0.3) is 0 Å². The molecule has 0 radical (unpaired) electrons. The third-order valence-electron chi connectivity index (χ3n) is 2.06. The number of rotatable bonds is 5. The zero-order valence-corrected chi connectivity index (χ0v) is 11.3. The van der Waals surface area contributed by atoms with E-state index in [-0.39, 0.29) is 0 Å². The molecular formula is C11H16ClO3P. The molecule has 3 nitrogen and oxygen atoms in total. The van der Waals surface area contributed by atoms with Gasteiger partial charge in [-0.1, -0.05) is 23.7 Å². The van der Waals surface area contributed by atoms with Crippen molar-refractivity contribution in [2.24, 2.45) is 0 Å². The van der Waals surface area contributed by atoms with Crippen molar-refractivity contribution < 1.29 is 13.6 Å². The van der Waals surface area contributed by atoms with E-state index in [0.717, 1.165) is 5.56 Å². The van der Waals surface area contributed by atoms with Crippen molar-refractivity contribution in [3.63, 3.8) is 0 Å². The number of halogens is 1. The summed E-state index contributed by atoms with van der Waals surface area (Å²) < 4.78 is 23.1. The molecule has 5 heteroatoms. The first-order valence-electron chi connectivity index (χ1n) is 5.20. The highest BCUT2D eigenvalue weighted by molar-refractivity contribution is 7.62. The second-order valence-electron chi connectivity index (χ2n) is 3.24. The van der Waals surface area contributed by atoms with Crippen LogP contribution in [0.5, 0.6) is 0 Å². The Hall–Kier alpha value is -0.340. The lowest BCUT2D eigenvalue weighted by Gasteiger charge is -2.19. The molecule has 0 aromatic heterocycles. The Labute approximate surface area is 101 Å². The van der Waals surface area contributed by atoms with E-state index < -0.39 is 7.60 Å². The van der Waals surface area contributed by atoms with Crippen LogP contribution in [0, 0.1) is 6.92 Å². The average Bonchev–Trinajstić information content (AvgIpc) is 2.17. The van der Waals surface area contributed by atoms with Crippen molar-refractivity contribution in [2.45, 2.75) is 20.8 Å². The van der Waals surface area contributed by atoms with Gasteiger partial charge in [-0.05, 0) is 32.4 Å². The van der Waals surface area contributed by atoms with E-state index >= 15 is 0 Å². The quantitative estimate of drug-likeness (QED) is 0.762. The van der Waals surface area contributed by atoms with Crippen LogP contribution in [-0.4, -0.2) is 13.2 Å². The first kappa shape index (κ1) is 13.7. The van der Waals surface area contributed by atoms with Crippen LogP contribution in [0.15, 0.2) is 18.2 Å². The van der Waals surface area contributed by atoms with E-state index in [1.807, 2.05) is 19.1 Å². The van der Waals surface area contributed by atoms with Crippen molar-refractivity contribution in [3.8, 4) is 0 Å². The molecule has 90 valence electrons. The normalized spacial score (nSPS) is 11.8. The number of aryl methyl sites for hydroxylation is 1. The molecule has 0 saturated carbocycles. The van der Waals surface area contributed by atoms with E-state index in [4.69, 9.17) is 20.6 Å². The fraction of sp³-hybridized carbons (Fsp3) is 0.455. The van der Waals surface area contributed by atoms with E-state index in [0.29, 0.717) is 23.5 Å². The lowest BCUT2D eigenvalue weighted by Crippen LogP contribution is -2.15. The molecule has 0 spiro atoms. The number of benzene rings is 1. The topological polar surface area (TPSA) is 35.5 Å². The Balaban J connectivity index is 3.26. The molecule has 1 aromatic rings. The van der Waals surface area contributed by atoms with Gasteiger partial charge in [0, 0.05) is 0 Å². The molecule has 0 aliphatic heterocycles. The molecule has 16 heavy (non-hydrogen) atoms. The predicted octanol–water partition coefficient (Wildman–Crippen LogP) is 3.54. The molecule has 0 aliphatic rings. The Morgan fingerprint density at radius 1 is 1.25 bits per heavy atom. The van der Waals surface area contributed by atoms with E-state index in [1.165, 1.54) is 0 Å². The second kappa shape index (κ2) is 5.83. The summed E-state index contributed by atoms with van der Waals surface area (Å²) in [5, 5.41) is 0.894. The number of hydrogen-bond acceptors (Lipinski definition) is 3. The molecule has 1 rings (SSSR count). The van der Waals surface area contributed by atoms with Crippen LogP contribution in [0.25, 0.3) is 0 Å². The Bertz CT molecular complexity index is 376. The first-order valence-corrected chi connectivity index (χ1v) is 7.12. The molecule has 0 fully saturated rings. The zero-order valence-electron chi connectivity index (χ0n) is 9.70. The van der Waals surface area contributed by atoms with Gasteiger partial charge in [-0.25, -0.2) is 0 Å². The lowest BCUT2D eigenvalue weighted by molar-refractivity contribution is 0.230. The summed E-state index contributed by atoms with van der Waals surface area (Å²) in [6, 6.07) is 5.34. The maximum atomic E-state index is 12.5. The van der Waals surface area contributed by atoms with Gasteiger partial charge in [0.2, 0.25) is 0 Å². The van der Waals surface area contributed by atoms with Gasteiger partial charge in [-0.2, -0.15) is 0 Å². The standard InChI is InChI=1S/C11H16ClO3P/c1-4-14-16(13,15-5-2)11-9(3)7-6-8-10(11)12/h6-8H,4-5H2,1-3H3. The molecule has 0 N–H and O–H groups in total. The van der Waals surface area contributed by atoms with Gasteiger partial charge in [0.05, 0.1) is 23.5 Å². The Kier molecular flexibility index (Phi) is 5.00. The summed E-state index contributed by atoms with van der Waals surface area (Å²) in [7, 11) is -3.28. The van der Waals surface area contributed by atoms with Crippen molar-refractivity contribution >= 4 is 24.5 Å². The minimum Gasteiger partial charge on any atom is -0.305 e. The summed E-state index contributed by atoms with van der Waals surface area (Å²) in [6.07, 6.45) is 0. The minimum absolute atomic E-state index is 0.321. The van der Waals surface area contributed by atoms with Crippen molar-refractivity contribution in [1.29, 1.82) is 0 Å². The van der Waals surface area contributed by atoms with Crippen LogP contribution in [0.1, 0.15) is 19.4 Å². The van der Waals surface area contributed by atoms with E-state index in [1.54, 1.807) is 19.9 Å². The van der Waals surface area contributed by atoms with Crippen LogP contribution >= 0.6 is 19.2 Å². The van der Waals surface area contributed by atoms with E-state index in [2.05, 4.69) is 0 Å². The fourth-order valence-corrected chi connectivity index (χ4v) is 3.86. The molecule has 0 bridgehead atoms. The third-order valence-corrected chi connectivity index (χ3v) is 4.84. The van der Waals surface area contributed by atoms with Crippen LogP contribution < -0.4 is 5.30 Å². The van der Waals surface area contributed by atoms with Crippen LogP contribution in [-0.2, 0) is 13.6 Å². The highest BCUT2D eigenvalue weighted by Gasteiger charge is 2.30. The second-order valence-corrected chi connectivity index (χ2v) is 5.60. The Morgan fingerprint density at radius 2 is 1.81 bits per heavy atom. The van der Waals surface area contributed by atoms with Crippen molar-refractivity contribution in [1.82, 2.24) is 0 Å². The van der Waals surface area contributed by atoms with Crippen molar-refractivity contribution in [3.05, 3.63) is 28.8 Å². The van der Waals surface area contributed by atoms with Gasteiger partial charge < -0.3 is 9.05 Å². The Morgan fingerprint density at radius 3 is 2.25 bits per heavy atom. The first-order chi connectivity index (χ1) is 7.55. The summed E-state index contributed by atoms with van der Waals surface area (Å²) in [5.41, 5.74) is 0.817. The molecule has 0 saturated heterocycles. The zero-order chi connectivity index (χ0) is 12.2. The van der Waals surface area contributed by atoms with Crippen LogP contribution in [0.3, 0.4) is 0 Å². The monoisotopic (exact) mass is 262 g/mol. The van der Waals surface area contributed by atoms with Crippen LogP contribution in [0.2, 0.25) is 5.02 Å². The maximum Gasteiger partial charge on any atom is 0.363 e. The fourth-order valence-electron chi connectivity index (χ4n) is 1.48. The molecule has 0 aliphatic carbocycles. The largest absolute Gasteiger partial charge is 0.363 e. The molecule has 0 amide bonds. The summed E-state index contributed by atoms with van der Waals surface area (Å²) in [4.78, 5) is 0. The third kappa shape index (κ3) is 2.86. The van der Waals surface area contributed by atoms with Gasteiger partial charge in [0.15, 0.2) is 0 Å². The van der Waals surface area contributed by atoms with E-state index in [9.17, 15) is 4.57 Å². The van der Waals surface area contributed by atoms with Gasteiger partial charge >= 0.3 is 7.60 Å². The average molecular weight is 263 g/mol. The highest BCUT2D eigenvalue weighted by atomic mass is 35.5. The molecular weight excluding hydrogens is 247 g/mol. The van der Waals surface area contributed by atoms with Gasteiger partial charge in [-0.15, -0.1) is 0 Å². The maximum absolute atomic E-state index is 12.5. The lowest BCUT2D eigenvalue weighted by atomic mass is 10.2. The van der Waals surface area contributed by atoms with Gasteiger partial charge in [0.1, 0.15) is 0 Å². The molecule has 0 atom stereocenters. The summed E-state index contributed by atoms with van der Waals surface area (Å²) >= 11 is 6.05. The SMILES string of the molecule is CCOP(=O)(OCC)c1c(C)cccc1Cl. The van der Waals surface area contributed by atoms with Crippen molar-refractivity contribution in [2.75, 3.05) is 13.2 Å². The summed E-state index contributed by atoms with van der Waals surface area (Å²) in [6.45, 7) is 6.03. The van der Waals surface area contributed by atoms with Crippen LogP contribution in [0.4, 0.5) is 0 Å². The summed E-state index contributed by atoms with van der Waals surface area (Å²) in [5.74, 6) is 0. The number of hydrogen-bond donors (Lipinski definition) is 0. The smallest absolute Gasteiger partial charge is 0.305 e. The molecule has 0 heterocycles. The van der Waals surface area contributed by atoms with Gasteiger partial charge in [-0.3, -0.25) is 4.57 Å². The predicted molar refractivity (Wildman–Crippen MR) is 66.7 cm³/mol. The highest BCUT2D eigenvalue weighted by Crippen LogP contribution is 2.49. The minimum atomic E-state index is -3.28. The molecule has 1 aromatic carbocycles. The molecule has 0 unspecified atom stereocenters.